The first-order chi connectivity index (χ1) is 7.45. The van der Waals surface area contributed by atoms with Crippen LogP contribution in [0.1, 0.15) is 23.1 Å². The monoisotopic (exact) mass is 278 g/mol. The molecule has 1 aromatic rings. The number of primary sulfonamides is 1. The lowest BCUT2D eigenvalue weighted by Gasteiger charge is -2.12. The number of hydrogen-bond donors (Lipinski definition) is 3. The number of aromatic hydroxyl groups is 1. The summed E-state index contributed by atoms with van der Waals surface area (Å²) in [6, 6.07) is 1.77. The van der Waals surface area contributed by atoms with E-state index in [-0.39, 0.29) is 29.6 Å². The van der Waals surface area contributed by atoms with Gasteiger partial charge in [0.15, 0.2) is 0 Å². The summed E-state index contributed by atoms with van der Waals surface area (Å²) in [5, 5.41) is 15.0. The molecule has 7 heteroatoms. The van der Waals surface area contributed by atoms with Crippen LogP contribution in [0.15, 0.2) is 11.0 Å². The smallest absolute Gasteiger partial charge is 0.242 e. The van der Waals surface area contributed by atoms with Crippen LogP contribution in [0.5, 0.6) is 5.75 Å². The van der Waals surface area contributed by atoms with Crippen molar-refractivity contribution in [3.05, 3.63) is 22.8 Å². The Morgan fingerprint density at radius 1 is 1.35 bits per heavy atom. The number of hydrogen-bond acceptors (Lipinski definition) is 4. The highest BCUT2D eigenvalue weighted by molar-refractivity contribution is 7.89. The van der Waals surface area contributed by atoms with Crippen molar-refractivity contribution in [3.63, 3.8) is 0 Å². The van der Waals surface area contributed by atoms with E-state index in [1.54, 1.807) is 6.07 Å². The van der Waals surface area contributed by atoms with E-state index >= 15 is 0 Å². The van der Waals surface area contributed by atoms with Crippen LogP contribution in [0.3, 0.4) is 0 Å². The molecule has 17 heavy (non-hydrogen) atoms. The number of aryl methyl sites for hydroxylation is 1. The summed E-state index contributed by atoms with van der Waals surface area (Å²) in [4.78, 5) is -0.136. The van der Waals surface area contributed by atoms with Gasteiger partial charge in [-0.1, -0.05) is 6.07 Å². The minimum absolute atomic E-state index is 0. The second kappa shape index (κ2) is 4.81. The van der Waals surface area contributed by atoms with Gasteiger partial charge in [-0.05, 0) is 30.4 Å². The molecule has 0 aromatic heterocycles. The van der Waals surface area contributed by atoms with Crippen molar-refractivity contribution < 1.29 is 13.5 Å². The van der Waals surface area contributed by atoms with Crippen LogP contribution in [-0.2, 0) is 29.4 Å². The molecule has 0 fully saturated rings. The molecule has 0 unspecified atom stereocenters. The van der Waals surface area contributed by atoms with Crippen molar-refractivity contribution in [2.45, 2.75) is 30.7 Å². The van der Waals surface area contributed by atoms with Crippen LogP contribution in [-0.4, -0.2) is 13.5 Å². The Kier molecular flexibility index (Phi) is 4.03. The van der Waals surface area contributed by atoms with Crippen LogP contribution in [0.25, 0.3) is 0 Å². The van der Waals surface area contributed by atoms with Gasteiger partial charge in [0.05, 0.1) is 0 Å². The van der Waals surface area contributed by atoms with E-state index in [4.69, 9.17) is 10.9 Å². The van der Waals surface area contributed by atoms with E-state index in [9.17, 15) is 13.5 Å². The highest BCUT2D eigenvalue weighted by atomic mass is 35.5. The predicted octanol–water partition coefficient (Wildman–Crippen LogP) is 0.409. The number of phenols is 1. The normalized spacial score (nSPS) is 14.2. The van der Waals surface area contributed by atoms with Gasteiger partial charge in [-0.2, -0.15) is 0 Å². The average Bonchev–Trinajstić information content (AvgIpc) is 2.61. The molecule has 5 N–H and O–H groups in total. The zero-order chi connectivity index (χ0) is 11.9. The zero-order valence-electron chi connectivity index (χ0n) is 9.14. The predicted molar refractivity (Wildman–Crippen MR) is 66.6 cm³/mol. The molecular formula is C10H15ClN2O3S. The van der Waals surface area contributed by atoms with E-state index in [1.807, 2.05) is 0 Å². The number of benzene rings is 1. The number of fused-ring (bicyclic) bond motifs is 1. The van der Waals surface area contributed by atoms with Crippen molar-refractivity contribution in [1.29, 1.82) is 0 Å². The molecule has 1 aliphatic carbocycles. The summed E-state index contributed by atoms with van der Waals surface area (Å²) >= 11 is 0. The number of phenolic OH excluding ortho intramolecular Hbond substituents is 1. The van der Waals surface area contributed by atoms with Gasteiger partial charge in [-0.15, -0.1) is 12.4 Å². The molecule has 0 saturated heterocycles. The second-order valence-corrected chi connectivity index (χ2v) is 5.45. The van der Waals surface area contributed by atoms with Gasteiger partial charge in [-0.25, -0.2) is 13.6 Å². The Labute approximate surface area is 106 Å². The maximum Gasteiger partial charge on any atom is 0.242 e. The third kappa shape index (κ3) is 2.40. The summed E-state index contributed by atoms with van der Waals surface area (Å²) < 4.78 is 22.9. The topological polar surface area (TPSA) is 106 Å². The van der Waals surface area contributed by atoms with Crippen molar-refractivity contribution in [3.8, 4) is 5.75 Å². The van der Waals surface area contributed by atoms with Crippen molar-refractivity contribution in [2.75, 3.05) is 0 Å². The lowest BCUT2D eigenvalue weighted by atomic mass is 10.1. The minimum Gasteiger partial charge on any atom is -0.506 e. The van der Waals surface area contributed by atoms with Gasteiger partial charge in [-0.3, -0.25) is 0 Å². The highest BCUT2D eigenvalue weighted by Gasteiger charge is 2.26. The Balaban J connectivity index is 0.00000144. The first kappa shape index (κ1) is 14.2. The third-order valence-corrected chi connectivity index (χ3v) is 3.92. The van der Waals surface area contributed by atoms with E-state index in [1.165, 1.54) is 0 Å². The van der Waals surface area contributed by atoms with Crippen LogP contribution < -0.4 is 10.9 Å². The van der Waals surface area contributed by atoms with E-state index in [2.05, 4.69) is 0 Å². The van der Waals surface area contributed by atoms with Gasteiger partial charge in [0.1, 0.15) is 10.6 Å². The number of sulfonamides is 1. The van der Waals surface area contributed by atoms with Gasteiger partial charge < -0.3 is 10.8 Å². The molecule has 0 saturated carbocycles. The molecule has 0 radical (unpaired) electrons. The molecule has 0 heterocycles. The molecular weight excluding hydrogens is 264 g/mol. The van der Waals surface area contributed by atoms with Gasteiger partial charge in [0, 0.05) is 12.1 Å². The molecule has 0 bridgehead atoms. The molecule has 1 aliphatic rings. The Morgan fingerprint density at radius 3 is 2.53 bits per heavy atom. The highest BCUT2D eigenvalue weighted by Crippen LogP contribution is 2.36. The molecule has 2 rings (SSSR count). The fourth-order valence-corrected chi connectivity index (χ4v) is 3.19. The fraction of sp³-hybridized carbons (Fsp3) is 0.400. The SMILES string of the molecule is Cl.NCc1cc2c(c(S(N)(=O)=O)c1O)CCC2. The molecule has 5 nitrogen and oxygen atoms in total. The Hall–Kier alpha value is -0.820. The molecule has 0 spiro atoms. The van der Waals surface area contributed by atoms with Crippen LogP contribution >= 0.6 is 12.4 Å². The summed E-state index contributed by atoms with van der Waals surface area (Å²) in [6.45, 7) is 0.0988. The molecule has 96 valence electrons. The molecule has 0 atom stereocenters. The second-order valence-electron chi connectivity index (χ2n) is 3.95. The Bertz CT molecular complexity index is 542. The third-order valence-electron chi connectivity index (χ3n) is 2.91. The minimum atomic E-state index is -3.90. The quantitative estimate of drug-likeness (QED) is 0.728. The number of halogens is 1. The summed E-state index contributed by atoms with van der Waals surface area (Å²) in [5.41, 5.74) is 7.48. The molecule has 0 amide bonds. The summed E-state index contributed by atoms with van der Waals surface area (Å²) in [6.07, 6.45) is 2.33. The number of nitrogens with two attached hydrogens (primary N) is 2. The zero-order valence-corrected chi connectivity index (χ0v) is 10.8. The Morgan fingerprint density at radius 2 is 2.00 bits per heavy atom. The number of rotatable bonds is 2. The van der Waals surface area contributed by atoms with Gasteiger partial charge in [0.25, 0.3) is 0 Å². The maximum atomic E-state index is 11.5. The van der Waals surface area contributed by atoms with E-state index in [0.29, 0.717) is 17.5 Å². The van der Waals surface area contributed by atoms with Crippen LogP contribution in [0, 0.1) is 0 Å². The van der Waals surface area contributed by atoms with Crippen LogP contribution in [0.4, 0.5) is 0 Å². The van der Waals surface area contributed by atoms with Crippen LogP contribution in [0.2, 0.25) is 0 Å². The van der Waals surface area contributed by atoms with E-state index in [0.717, 1.165) is 18.4 Å². The van der Waals surface area contributed by atoms with Crippen molar-refractivity contribution in [2.24, 2.45) is 10.9 Å². The lowest BCUT2D eigenvalue weighted by Crippen LogP contribution is -2.16. The molecule has 0 aliphatic heterocycles. The summed E-state index contributed by atoms with van der Waals surface area (Å²) in [7, 11) is -3.90. The largest absolute Gasteiger partial charge is 0.506 e. The average molecular weight is 279 g/mol. The standard InChI is InChI=1S/C10H14N2O3S.ClH/c11-5-7-4-6-2-1-3-8(6)10(9(7)13)16(12,14)15;/h4,13H,1-3,5,11H2,(H2,12,14,15);1H. The van der Waals surface area contributed by atoms with Crippen molar-refractivity contribution in [1.82, 2.24) is 0 Å². The van der Waals surface area contributed by atoms with E-state index < -0.39 is 10.0 Å². The fourth-order valence-electron chi connectivity index (χ4n) is 2.22. The lowest BCUT2D eigenvalue weighted by molar-refractivity contribution is 0.450. The van der Waals surface area contributed by atoms with Gasteiger partial charge in [0.2, 0.25) is 10.0 Å². The first-order valence-corrected chi connectivity index (χ1v) is 6.59. The maximum absolute atomic E-state index is 11.5. The van der Waals surface area contributed by atoms with Crippen molar-refractivity contribution >= 4 is 22.4 Å². The summed E-state index contributed by atoms with van der Waals surface area (Å²) in [5.74, 6) is -0.286. The first-order valence-electron chi connectivity index (χ1n) is 5.04. The molecule has 1 aromatic carbocycles. The van der Waals surface area contributed by atoms with Gasteiger partial charge >= 0.3 is 0 Å².